The topological polar surface area (TPSA) is 47.6 Å². The standard InChI is InChI=1S/C11H13NO3/c1-14-8-4-5-10-9(7-8)12-11(13)3-2-6-15-10/h4-5,7H,2-3,6H2,1H3,(H,12,13). The number of rotatable bonds is 1. The SMILES string of the molecule is COc1ccc2c(c1)NC(=O)CCCO2. The lowest BCUT2D eigenvalue weighted by Crippen LogP contribution is -2.16. The number of hydrogen-bond acceptors (Lipinski definition) is 3. The van der Waals surface area contributed by atoms with Gasteiger partial charge in [0.05, 0.1) is 19.4 Å². The van der Waals surface area contributed by atoms with Crippen molar-refractivity contribution in [2.24, 2.45) is 0 Å². The molecule has 0 spiro atoms. The van der Waals surface area contributed by atoms with E-state index in [-0.39, 0.29) is 5.91 Å². The van der Waals surface area contributed by atoms with Crippen molar-refractivity contribution in [3.05, 3.63) is 18.2 Å². The largest absolute Gasteiger partial charge is 0.497 e. The second kappa shape index (κ2) is 4.21. The molecule has 15 heavy (non-hydrogen) atoms. The molecule has 0 aliphatic carbocycles. The lowest BCUT2D eigenvalue weighted by molar-refractivity contribution is -0.116. The molecule has 1 heterocycles. The third kappa shape index (κ3) is 2.21. The molecule has 0 bridgehead atoms. The number of amides is 1. The normalized spacial score (nSPS) is 15.4. The summed E-state index contributed by atoms with van der Waals surface area (Å²) in [6, 6.07) is 5.38. The average molecular weight is 207 g/mol. The van der Waals surface area contributed by atoms with Gasteiger partial charge in [0.1, 0.15) is 11.5 Å². The Kier molecular flexibility index (Phi) is 2.76. The number of benzene rings is 1. The molecule has 4 heteroatoms. The van der Waals surface area contributed by atoms with Gasteiger partial charge in [-0.05, 0) is 18.6 Å². The van der Waals surface area contributed by atoms with E-state index in [0.29, 0.717) is 30.2 Å². The fourth-order valence-electron chi connectivity index (χ4n) is 1.49. The molecule has 1 aromatic rings. The van der Waals surface area contributed by atoms with Crippen molar-refractivity contribution in [3.63, 3.8) is 0 Å². The van der Waals surface area contributed by atoms with Crippen LogP contribution in [0.1, 0.15) is 12.8 Å². The molecular formula is C11H13NO3. The molecule has 2 rings (SSSR count). The summed E-state index contributed by atoms with van der Waals surface area (Å²) in [6.45, 7) is 0.576. The summed E-state index contributed by atoms with van der Waals surface area (Å²) in [7, 11) is 1.59. The number of fused-ring (bicyclic) bond motifs is 1. The zero-order chi connectivity index (χ0) is 10.7. The zero-order valence-electron chi connectivity index (χ0n) is 8.58. The van der Waals surface area contributed by atoms with Crippen molar-refractivity contribution in [1.82, 2.24) is 0 Å². The number of anilines is 1. The molecule has 0 radical (unpaired) electrons. The number of ether oxygens (including phenoxy) is 2. The number of nitrogens with one attached hydrogen (secondary N) is 1. The quantitative estimate of drug-likeness (QED) is 0.763. The highest BCUT2D eigenvalue weighted by Crippen LogP contribution is 2.30. The minimum absolute atomic E-state index is 0.0211. The van der Waals surface area contributed by atoms with Crippen LogP contribution in [0, 0.1) is 0 Å². The minimum atomic E-state index is 0.0211. The molecule has 1 amide bonds. The number of hydrogen-bond donors (Lipinski definition) is 1. The molecule has 1 N–H and O–H groups in total. The Hall–Kier alpha value is -1.71. The van der Waals surface area contributed by atoms with E-state index < -0.39 is 0 Å². The van der Waals surface area contributed by atoms with Crippen LogP contribution in [0.2, 0.25) is 0 Å². The molecule has 1 aliphatic rings. The summed E-state index contributed by atoms with van der Waals surface area (Å²) in [4.78, 5) is 11.4. The molecule has 1 aromatic carbocycles. The van der Waals surface area contributed by atoms with Gasteiger partial charge in [-0.25, -0.2) is 0 Å². The summed E-state index contributed by atoms with van der Waals surface area (Å²) in [5.74, 6) is 1.43. The lowest BCUT2D eigenvalue weighted by atomic mass is 10.2. The highest BCUT2D eigenvalue weighted by atomic mass is 16.5. The summed E-state index contributed by atoms with van der Waals surface area (Å²) < 4.78 is 10.6. The van der Waals surface area contributed by atoms with Gasteiger partial charge < -0.3 is 14.8 Å². The Morgan fingerprint density at radius 1 is 1.47 bits per heavy atom. The van der Waals surface area contributed by atoms with Gasteiger partial charge in [-0.2, -0.15) is 0 Å². The Bertz CT molecular complexity index is 376. The van der Waals surface area contributed by atoms with Gasteiger partial charge >= 0.3 is 0 Å². The van der Waals surface area contributed by atoms with Crippen molar-refractivity contribution in [2.75, 3.05) is 19.0 Å². The summed E-state index contributed by atoms with van der Waals surface area (Å²) in [5, 5.41) is 2.79. The van der Waals surface area contributed by atoms with Crippen molar-refractivity contribution < 1.29 is 14.3 Å². The second-order valence-electron chi connectivity index (χ2n) is 3.36. The first-order chi connectivity index (χ1) is 7.29. The minimum Gasteiger partial charge on any atom is -0.497 e. The zero-order valence-corrected chi connectivity index (χ0v) is 8.58. The van der Waals surface area contributed by atoms with Crippen LogP contribution in [-0.2, 0) is 4.79 Å². The Labute approximate surface area is 88.2 Å². The van der Waals surface area contributed by atoms with E-state index in [4.69, 9.17) is 9.47 Å². The number of carbonyl (C=O) groups excluding carboxylic acids is 1. The van der Waals surface area contributed by atoms with E-state index in [1.54, 1.807) is 19.2 Å². The fourth-order valence-corrected chi connectivity index (χ4v) is 1.49. The lowest BCUT2D eigenvalue weighted by Gasteiger charge is -2.16. The van der Waals surface area contributed by atoms with Crippen molar-refractivity contribution in [2.45, 2.75) is 12.8 Å². The van der Waals surface area contributed by atoms with Crippen LogP contribution in [0.4, 0.5) is 5.69 Å². The van der Waals surface area contributed by atoms with E-state index in [1.807, 2.05) is 6.07 Å². The highest BCUT2D eigenvalue weighted by molar-refractivity contribution is 5.92. The number of carbonyl (C=O) groups is 1. The average Bonchev–Trinajstić information content (AvgIpc) is 2.22. The Morgan fingerprint density at radius 3 is 3.13 bits per heavy atom. The van der Waals surface area contributed by atoms with Crippen LogP contribution in [0.5, 0.6) is 11.5 Å². The highest BCUT2D eigenvalue weighted by Gasteiger charge is 2.12. The first-order valence-corrected chi connectivity index (χ1v) is 4.90. The van der Waals surface area contributed by atoms with Crippen molar-refractivity contribution in [1.29, 1.82) is 0 Å². The van der Waals surface area contributed by atoms with Crippen LogP contribution in [0.25, 0.3) is 0 Å². The van der Waals surface area contributed by atoms with Crippen LogP contribution < -0.4 is 14.8 Å². The second-order valence-corrected chi connectivity index (χ2v) is 3.36. The maximum atomic E-state index is 11.4. The molecule has 0 fully saturated rings. The molecule has 1 aliphatic heterocycles. The van der Waals surface area contributed by atoms with Gasteiger partial charge in [-0.15, -0.1) is 0 Å². The molecule has 0 atom stereocenters. The van der Waals surface area contributed by atoms with Gasteiger partial charge in [-0.3, -0.25) is 4.79 Å². The van der Waals surface area contributed by atoms with Crippen molar-refractivity contribution in [3.8, 4) is 11.5 Å². The van der Waals surface area contributed by atoms with Crippen LogP contribution in [0.15, 0.2) is 18.2 Å². The van der Waals surface area contributed by atoms with Crippen molar-refractivity contribution >= 4 is 11.6 Å². The molecule has 0 aromatic heterocycles. The third-order valence-corrected chi connectivity index (χ3v) is 2.27. The van der Waals surface area contributed by atoms with Gasteiger partial charge in [0.15, 0.2) is 0 Å². The maximum absolute atomic E-state index is 11.4. The van der Waals surface area contributed by atoms with E-state index in [1.165, 1.54) is 0 Å². The van der Waals surface area contributed by atoms with Crippen LogP contribution in [0.3, 0.4) is 0 Å². The first-order valence-electron chi connectivity index (χ1n) is 4.90. The smallest absolute Gasteiger partial charge is 0.224 e. The van der Waals surface area contributed by atoms with Gasteiger partial charge in [0, 0.05) is 12.5 Å². The van der Waals surface area contributed by atoms with Crippen LogP contribution >= 0.6 is 0 Å². The Balaban J connectivity index is 2.32. The van der Waals surface area contributed by atoms with E-state index in [9.17, 15) is 4.79 Å². The predicted molar refractivity (Wildman–Crippen MR) is 56.4 cm³/mol. The molecule has 0 unspecified atom stereocenters. The fraction of sp³-hybridized carbons (Fsp3) is 0.364. The number of methoxy groups -OCH3 is 1. The summed E-state index contributed by atoms with van der Waals surface area (Å²) in [6.07, 6.45) is 1.24. The van der Waals surface area contributed by atoms with Gasteiger partial charge in [0.25, 0.3) is 0 Å². The van der Waals surface area contributed by atoms with Crippen LogP contribution in [-0.4, -0.2) is 19.6 Å². The van der Waals surface area contributed by atoms with E-state index in [0.717, 1.165) is 6.42 Å². The molecule has 4 nitrogen and oxygen atoms in total. The monoisotopic (exact) mass is 207 g/mol. The third-order valence-electron chi connectivity index (χ3n) is 2.27. The molecule has 0 saturated heterocycles. The van der Waals surface area contributed by atoms with E-state index in [2.05, 4.69) is 5.32 Å². The summed E-state index contributed by atoms with van der Waals surface area (Å²) in [5.41, 5.74) is 0.680. The Morgan fingerprint density at radius 2 is 2.33 bits per heavy atom. The molecular weight excluding hydrogens is 194 g/mol. The molecule has 80 valence electrons. The van der Waals surface area contributed by atoms with Gasteiger partial charge in [0.2, 0.25) is 5.91 Å². The first kappa shape index (κ1) is 9.83. The summed E-state index contributed by atoms with van der Waals surface area (Å²) >= 11 is 0. The molecule has 0 saturated carbocycles. The maximum Gasteiger partial charge on any atom is 0.224 e. The predicted octanol–water partition coefficient (Wildman–Crippen LogP) is 1.81. The van der Waals surface area contributed by atoms with Gasteiger partial charge in [-0.1, -0.05) is 0 Å². The van der Waals surface area contributed by atoms with E-state index >= 15 is 0 Å².